The molecular weight excluding hydrogens is 259 g/mol. The van der Waals surface area contributed by atoms with Crippen molar-refractivity contribution in [3.63, 3.8) is 0 Å². The Bertz CT molecular complexity index is 608. The molecule has 0 heterocycles. The van der Waals surface area contributed by atoms with E-state index in [1.165, 1.54) is 17.7 Å². The van der Waals surface area contributed by atoms with Gasteiger partial charge in [-0.15, -0.1) is 0 Å². The molecule has 0 amide bonds. The molecule has 2 N–H and O–H groups in total. The summed E-state index contributed by atoms with van der Waals surface area (Å²) in [7, 11) is 1.90. The predicted molar refractivity (Wildman–Crippen MR) is 81.5 cm³/mol. The minimum Gasteiger partial charge on any atom is -0.389 e. The molecule has 2 aromatic carbocycles. The van der Waals surface area contributed by atoms with Crippen LogP contribution in [0.2, 0.25) is 0 Å². The zero-order chi connectivity index (χ0) is 14.0. The van der Waals surface area contributed by atoms with Crippen molar-refractivity contribution in [2.75, 3.05) is 11.9 Å². The standard InChI is InChI=1S/C15H15FN2S/c1-10-3-6-12(7-4-10)18(2)14-8-5-11(16)9-13(14)15(17)19/h3-9H,1-2H3,(H2,17,19). The van der Waals surface area contributed by atoms with Crippen LogP contribution < -0.4 is 10.6 Å². The summed E-state index contributed by atoms with van der Waals surface area (Å²) < 4.78 is 13.3. The molecule has 2 rings (SSSR count). The van der Waals surface area contributed by atoms with Crippen LogP contribution in [0.15, 0.2) is 42.5 Å². The Balaban J connectivity index is 2.46. The maximum absolute atomic E-state index is 13.3. The van der Waals surface area contributed by atoms with Gasteiger partial charge in [-0.25, -0.2) is 4.39 Å². The Labute approximate surface area is 117 Å². The second kappa shape index (κ2) is 5.36. The number of rotatable bonds is 3. The van der Waals surface area contributed by atoms with Gasteiger partial charge in [-0.05, 0) is 37.3 Å². The van der Waals surface area contributed by atoms with Crippen LogP contribution in [-0.4, -0.2) is 12.0 Å². The molecule has 98 valence electrons. The smallest absolute Gasteiger partial charge is 0.124 e. The fourth-order valence-electron chi connectivity index (χ4n) is 1.91. The number of benzene rings is 2. The van der Waals surface area contributed by atoms with Crippen LogP contribution in [0.3, 0.4) is 0 Å². The third kappa shape index (κ3) is 2.90. The lowest BCUT2D eigenvalue weighted by Crippen LogP contribution is -2.18. The molecule has 2 nitrogen and oxygen atoms in total. The third-order valence-corrected chi connectivity index (χ3v) is 3.23. The van der Waals surface area contributed by atoms with Gasteiger partial charge in [0, 0.05) is 18.3 Å². The normalized spacial score (nSPS) is 10.3. The molecule has 0 aromatic heterocycles. The average Bonchev–Trinajstić information content (AvgIpc) is 2.38. The molecular formula is C15H15FN2S. The van der Waals surface area contributed by atoms with Gasteiger partial charge in [0.2, 0.25) is 0 Å². The van der Waals surface area contributed by atoms with Gasteiger partial charge in [0.05, 0.1) is 5.69 Å². The highest BCUT2D eigenvalue weighted by Crippen LogP contribution is 2.27. The van der Waals surface area contributed by atoms with Crippen molar-refractivity contribution >= 4 is 28.6 Å². The van der Waals surface area contributed by atoms with Crippen LogP contribution in [0.4, 0.5) is 15.8 Å². The highest BCUT2D eigenvalue weighted by atomic mass is 32.1. The number of aryl methyl sites for hydroxylation is 1. The second-order valence-corrected chi connectivity index (χ2v) is 4.86. The number of hydrogen-bond donors (Lipinski definition) is 1. The molecule has 0 aliphatic carbocycles. The SMILES string of the molecule is Cc1ccc(N(C)c2ccc(F)cc2C(N)=S)cc1. The zero-order valence-corrected chi connectivity index (χ0v) is 11.7. The van der Waals surface area contributed by atoms with Crippen molar-refractivity contribution in [3.8, 4) is 0 Å². The van der Waals surface area contributed by atoms with Crippen molar-refractivity contribution in [1.82, 2.24) is 0 Å². The Kier molecular flexibility index (Phi) is 3.81. The van der Waals surface area contributed by atoms with E-state index in [2.05, 4.69) is 0 Å². The summed E-state index contributed by atoms with van der Waals surface area (Å²) in [6, 6.07) is 12.5. The van der Waals surface area contributed by atoms with Gasteiger partial charge in [0.1, 0.15) is 10.8 Å². The van der Waals surface area contributed by atoms with Gasteiger partial charge in [-0.2, -0.15) is 0 Å². The molecule has 19 heavy (non-hydrogen) atoms. The minimum absolute atomic E-state index is 0.188. The predicted octanol–water partition coefficient (Wildman–Crippen LogP) is 3.54. The van der Waals surface area contributed by atoms with Gasteiger partial charge >= 0.3 is 0 Å². The largest absolute Gasteiger partial charge is 0.389 e. The van der Waals surface area contributed by atoms with E-state index in [4.69, 9.17) is 18.0 Å². The maximum atomic E-state index is 13.3. The first-order chi connectivity index (χ1) is 8.99. The van der Waals surface area contributed by atoms with E-state index in [9.17, 15) is 4.39 Å². The Morgan fingerprint density at radius 1 is 1.16 bits per heavy atom. The number of anilines is 2. The highest BCUT2D eigenvalue weighted by Gasteiger charge is 2.12. The lowest BCUT2D eigenvalue weighted by atomic mass is 10.1. The number of nitrogens with zero attached hydrogens (tertiary/aromatic N) is 1. The van der Waals surface area contributed by atoms with E-state index in [-0.39, 0.29) is 10.8 Å². The quantitative estimate of drug-likeness (QED) is 0.868. The van der Waals surface area contributed by atoms with Crippen LogP contribution >= 0.6 is 12.2 Å². The second-order valence-electron chi connectivity index (χ2n) is 4.42. The molecule has 2 aromatic rings. The first-order valence-corrected chi connectivity index (χ1v) is 6.29. The van der Waals surface area contributed by atoms with E-state index in [1.54, 1.807) is 6.07 Å². The molecule has 0 fully saturated rings. The highest BCUT2D eigenvalue weighted by molar-refractivity contribution is 7.80. The lowest BCUT2D eigenvalue weighted by molar-refractivity contribution is 0.627. The fourth-order valence-corrected chi connectivity index (χ4v) is 2.07. The van der Waals surface area contributed by atoms with E-state index in [0.717, 1.165) is 11.4 Å². The molecule has 0 aliphatic rings. The summed E-state index contributed by atoms with van der Waals surface area (Å²) >= 11 is 4.98. The lowest BCUT2D eigenvalue weighted by Gasteiger charge is -2.22. The number of nitrogens with two attached hydrogens (primary N) is 1. The minimum atomic E-state index is -0.344. The van der Waals surface area contributed by atoms with Crippen LogP contribution in [-0.2, 0) is 0 Å². The van der Waals surface area contributed by atoms with Gasteiger partial charge in [-0.1, -0.05) is 29.9 Å². The van der Waals surface area contributed by atoms with Crippen molar-refractivity contribution in [2.45, 2.75) is 6.92 Å². The Hall–Kier alpha value is -1.94. The van der Waals surface area contributed by atoms with E-state index < -0.39 is 0 Å². The molecule has 4 heteroatoms. The molecule has 0 bridgehead atoms. The van der Waals surface area contributed by atoms with E-state index in [0.29, 0.717) is 5.56 Å². The topological polar surface area (TPSA) is 29.3 Å². The van der Waals surface area contributed by atoms with Crippen LogP contribution in [0, 0.1) is 12.7 Å². The summed E-state index contributed by atoms with van der Waals surface area (Å²) in [5, 5.41) is 0. The molecule has 0 spiro atoms. The van der Waals surface area contributed by atoms with Gasteiger partial charge < -0.3 is 10.6 Å². The molecule has 0 aliphatic heterocycles. The van der Waals surface area contributed by atoms with Gasteiger partial charge in [-0.3, -0.25) is 0 Å². The van der Waals surface area contributed by atoms with E-state index >= 15 is 0 Å². The van der Waals surface area contributed by atoms with E-state index in [1.807, 2.05) is 43.1 Å². The monoisotopic (exact) mass is 274 g/mol. The van der Waals surface area contributed by atoms with Crippen molar-refractivity contribution in [2.24, 2.45) is 5.73 Å². The molecule has 0 atom stereocenters. The van der Waals surface area contributed by atoms with Crippen LogP contribution in [0.1, 0.15) is 11.1 Å². The average molecular weight is 274 g/mol. The van der Waals surface area contributed by atoms with Crippen LogP contribution in [0.5, 0.6) is 0 Å². The van der Waals surface area contributed by atoms with Crippen molar-refractivity contribution in [1.29, 1.82) is 0 Å². The zero-order valence-electron chi connectivity index (χ0n) is 10.9. The maximum Gasteiger partial charge on any atom is 0.124 e. The molecule has 0 unspecified atom stereocenters. The summed E-state index contributed by atoms with van der Waals surface area (Å²) in [5.74, 6) is -0.344. The summed E-state index contributed by atoms with van der Waals surface area (Å²) in [6.07, 6.45) is 0. The molecule has 0 saturated carbocycles. The van der Waals surface area contributed by atoms with Crippen molar-refractivity contribution < 1.29 is 4.39 Å². The molecule has 0 radical (unpaired) electrons. The number of hydrogen-bond acceptors (Lipinski definition) is 2. The third-order valence-electron chi connectivity index (χ3n) is 3.01. The molecule has 0 saturated heterocycles. The van der Waals surface area contributed by atoms with Gasteiger partial charge in [0.15, 0.2) is 0 Å². The summed E-state index contributed by atoms with van der Waals surface area (Å²) in [6.45, 7) is 2.03. The Morgan fingerprint density at radius 3 is 2.37 bits per heavy atom. The Morgan fingerprint density at radius 2 is 1.79 bits per heavy atom. The van der Waals surface area contributed by atoms with Crippen molar-refractivity contribution in [3.05, 3.63) is 59.4 Å². The first-order valence-electron chi connectivity index (χ1n) is 5.89. The first kappa shape index (κ1) is 13.5. The summed E-state index contributed by atoms with van der Waals surface area (Å²) in [4.78, 5) is 2.13. The number of thiocarbonyl (C=S) groups is 1. The summed E-state index contributed by atoms with van der Waals surface area (Å²) in [5.41, 5.74) is 9.17. The van der Waals surface area contributed by atoms with Crippen LogP contribution in [0.25, 0.3) is 0 Å². The number of halogens is 1. The fraction of sp³-hybridized carbons (Fsp3) is 0.133. The van der Waals surface area contributed by atoms with Gasteiger partial charge in [0.25, 0.3) is 0 Å².